The molecule has 0 aliphatic rings. The average Bonchev–Trinajstić information content (AvgIpc) is 2.55. The van der Waals surface area contributed by atoms with Crippen LogP contribution in [0.4, 0.5) is 14.7 Å². The van der Waals surface area contributed by atoms with E-state index in [1.165, 1.54) is 30.5 Å². The van der Waals surface area contributed by atoms with Crippen LogP contribution in [0, 0.1) is 11.6 Å². The number of phenolic OH excluding ortho intramolecular Hbond substituents is 1. The minimum absolute atomic E-state index is 0.00760. The molecule has 0 unspecified atom stereocenters. The van der Waals surface area contributed by atoms with E-state index >= 15 is 0 Å². The van der Waals surface area contributed by atoms with E-state index in [4.69, 9.17) is 5.73 Å². The molecule has 3 N–H and O–H groups in total. The molecule has 120 valence electrons. The number of rotatable bonds is 3. The van der Waals surface area contributed by atoms with Crippen LogP contribution >= 0.6 is 0 Å². The molecule has 1 heterocycles. The zero-order valence-corrected chi connectivity index (χ0v) is 12.2. The Kier molecular flexibility index (Phi) is 3.91. The van der Waals surface area contributed by atoms with Gasteiger partial charge < -0.3 is 10.8 Å². The fraction of sp³-hybridized carbons (Fsp3) is 0. The van der Waals surface area contributed by atoms with E-state index in [1.54, 1.807) is 0 Å². The van der Waals surface area contributed by atoms with Gasteiger partial charge in [-0.25, -0.2) is 18.7 Å². The van der Waals surface area contributed by atoms with Crippen LogP contribution in [0.2, 0.25) is 0 Å². The summed E-state index contributed by atoms with van der Waals surface area (Å²) in [5, 5.41) is 9.99. The van der Waals surface area contributed by atoms with Gasteiger partial charge in [0.1, 0.15) is 17.4 Å². The Hall–Kier alpha value is -3.35. The Bertz CT molecular complexity index is 945. The summed E-state index contributed by atoms with van der Waals surface area (Å²) in [6.07, 6.45) is 1.41. The molecule has 0 fully saturated rings. The summed E-state index contributed by atoms with van der Waals surface area (Å²) in [5.74, 6) is -2.49. The summed E-state index contributed by atoms with van der Waals surface area (Å²) in [6, 6.07) is 8.22. The number of benzene rings is 2. The molecule has 0 amide bonds. The van der Waals surface area contributed by atoms with Crippen molar-refractivity contribution >= 4 is 11.7 Å². The number of hydrogen-bond acceptors (Lipinski definition) is 5. The van der Waals surface area contributed by atoms with Crippen LogP contribution in [0.1, 0.15) is 15.9 Å². The van der Waals surface area contributed by atoms with Crippen LogP contribution in [-0.4, -0.2) is 20.9 Å². The Morgan fingerprint density at radius 1 is 1.08 bits per heavy atom. The van der Waals surface area contributed by atoms with E-state index in [-0.39, 0.29) is 28.4 Å². The van der Waals surface area contributed by atoms with Gasteiger partial charge >= 0.3 is 0 Å². The van der Waals surface area contributed by atoms with Gasteiger partial charge in [0.25, 0.3) is 0 Å². The molecule has 24 heavy (non-hydrogen) atoms. The van der Waals surface area contributed by atoms with Gasteiger partial charge in [-0.2, -0.15) is 0 Å². The zero-order chi connectivity index (χ0) is 17.3. The molecule has 0 aliphatic heterocycles. The van der Waals surface area contributed by atoms with Crippen molar-refractivity contribution in [3.63, 3.8) is 0 Å². The van der Waals surface area contributed by atoms with E-state index in [2.05, 4.69) is 9.97 Å². The third-order valence-electron chi connectivity index (χ3n) is 3.38. The number of ketones is 1. The lowest BCUT2D eigenvalue weighted by Crippen LogP contribution is -2.05. The predicted octanol–water partition coefficient (Wildman–Crippen LogP) is 2.94. The number of nitrogen functional groups attached to an aromatic ring is 1. The lowest BCUT2D eigenvalue weighted by molar-refractivity contribution is 0.103. The first-order chi connectivity index (χ1) is 11.5. The largest absolute Gasteiger partial charge is 0.507 e. The minimum Gasteiger partial charge on any atom is -0.507 e. The van der Waals surface area contributed by atoms with Crippen molar-refractivity contribution in [1.82, 2.24) is 9.97 Å². The molecule has 3 rings (SSSR count). The number of carbonyl (C=O) groups excluding carboxylic acids is 1. The lowest BCUT2D eigenvalue weighted by Gasteiger charge is -2.08. The van der Waals surface area contributed by atoms with Crippen molar-refractivity contribution in [2.24, 2.45) is 0 Å². The molecule has 3 aromatic rings. The highest BCUT2D eigenvalue weighted by molar-refractivity contribution is 6.09. The minimum atomic E-state index is -0.957. The maximum absolute atomic E-state index is 13.8. The summed E-state index contributed by atoms with van der Waals surface area (Å²) in [7, 11) is 0. The molecule has 0 saturated heterocycles. The molecule has 5 nitrogen and oxygen atoms in total. The van der Waals surface area contributed by atoms with E-state index in [9.17, 15) is 18.7 Å². The third kappa shape index (κ3) is 2.91. The molecule has 0 atom stereocenters. The monoisotopic (exact) mass is 327 g/mol. The van der Waals surface area contributed by atoms with Crippen LogP contribution in [0.5, 0.6) is 5.75 Å². The summed E-state index contributed by atoms with van der Waals surface area (Å²) >= 11 is 0. The van der Waals surface area contributed by atoms with E-state index in [1.807, 2.05) is 0 Å². The van der Waals surface area contributed by atoms with Crippen LogP contribution < -0.4 is 5.73 Å². The highest BCUT2D eigenvalue weighted by Crippen LogP contribution is 2.29. The maximum Gasteiger partial charge on any atom is 0.220 e. The number of nitrogens with zero attached hydrogens (tertiary/aromatic N) is 2. The van der Waals surface area contributed by atoms with E-state index in [0.717, 1.165) is 12.1 Å². The van der Waals surface area contributed by atoms with Gasteiger partial charge in [0.05, 0.1) is 11.3 Å². The van der Waals surface area contributed by atoms with Crippen LogP contribution in [0.3, 0.4) is 0 Å². The van der Waals surface area contributed by atoms with Crippen LogP contribution in [0.15, 0.2) is 48.7 Å². The summed E-state index contributed by atoms with van der Waals surface area (Å²) in [6.45, 7) is 0. The maximum atomic E-state index is 13.8. The van der Waals surface area contributed by atoms with Gasteiger partial charge in [-0.15, -0.1) is 0 Å². The molecule has 0 aliphatic carbocycles. The van der Waals surface area contributed by atoms with Gasteiger partial charge in [-0.3, -0.25) is 4.79 Å². The first-order valence-electron chi connectivity index (χ1n) is 6.87. The van der Waals surface area contributed by atoms with Crippen LogP contribution in [-0.2, 0) is 0 Å². The highest BCUT2D eigenvalue weighted by Gasteiger charge is 2.17. The smallest absolute Gasteiger partial charge is 0.220 e. The molecule has 0 radical (unpaired) electrons. The predicted molar refractivity (Wildman–Crippen MR) is 83.3 cm³/mol. The number of aromatic hydroxyl groups is 1. The number of carbonyl (C=O) groups is 1. The normalized spacial score (nSPS) is 10.6. The number of anilines is 1. The summed E-state index contributed by atoms with van der Waals surface area (Å²) in [4.78, 5) is 20.2. The summed E-state index contributed by atoms with van der Waals surface area (Å²) in [5.41, 5.74) is 5.92. The fourth-order valence-electron chi connectivity index (χ4n) is 2.24. The molecule has 0 spiro atoms. The van der Waals surface area contributed by atoms with E-state index in [0.29, 0.717) is 11.8 Å². The topological polar surface area (TPSA) is 89.1 Å². The van der Waals surface area contributed by atoms with Gasteiger partial charge in [0.15, 0.2) is 5.78 Å². The Morgan fingerprint density at radius 2 is 1.88 bits per heavy atom. The number of nitrogens with two attached hydrogens (primary N) is 1. The SMILES string of the molecule is Nc1nccc(-c2cc(C(=O)c3ccc(F)cc3F)ccc2O)n1. The van der Waals surface area contributed by atoms with Crippen molar-refractivity contribution < 1.29 is 18.7 Å². The average molecular weight is 327 g/mol. The Balaban J connectivity index is 2.06. The van der Waals surface area contributed by atoms with Crippen LogP contribution in [0.25, 0.3) is 11.3 Å². The van der Waals surface area contributed by atoms with Crippen molar-refractivity contribution in [1.29, 1.82) is 0 Å². The molecule has 0 bridgehead atoms. The third-order valence-corrected chi connectivity index (χ3v) is 3.38. The summed E-state index contributed by atoms with van der Waals surface area (Å²) < 4.78 is 26.8. The lowest BCUT2D eigenvalue weighted by atomic mass is 9.99. The van der Waals surface area contributed by atoms with Gasteiger partial charge in [-0.05, 0) is 36.4 Å². The second-order valence-corrected chi connectivity index (χ2v) is 4.99. The van der Waals surface area contributed by atoms with Gasteiger partial charge in [0.2, 0.25) is 5.95 Å². The number of hydrogen-bond donors (Lipinski definition) is 2. The van der Waals surface area contributed by atoms with Gasteiger partial charge in [0, 0.05) is 23.4 Å². The Labute approximate surface area is 135 Å². The molecule has 0 saturated carbocycles. The second kappa shape index (κ2) is 6.04. The van der Waals surface area contributed by atoms with Crippen molar-refractivity contribution in [2.45, 2.75) is 0 Å². The standard InChI is InChI=1S/C17H11F2N3O2/c18-10-2-3-11(13(19)8-10)16(24)9-1-4-15(23)12(7-9)14-5-6-21-17(20)22-14/h1-8,23H,(H2,20,21,22). The fourth-order valence-corrected chi connectivity index (χ4v) is 2.24. The molecular formula is C17H11F2N3O2. The first-order valence-corrected chi connectivity index (χ1v) is 6.87. The van der Waals surface area contributed by atoms with Gasteiger partial charge in [-0.1, -0.05) is 0 Å². The van der Waals surface area contributed by atoms with Crippen molar-refractivity contribution in [2.75, 3.05) is 5.73 Å². The number of phenols is 1. The zero-order valence-electron chi connectivity index (χ0n) is 12.2. The van der Waals surface area contributed by atoms with Crippen molar-refractivity contribution in [3.8, 4) is 17.0 Å². The molecule has 7 heteroatoms. The molecule has 2 aromatic carbocycles. The molecule has 1 aromatic heterocycles. The quantitative estimate of drug-likeness (QED) is 0.722. The number of halogens is 2. The highest BCUT2D eigenvalue weighted by atomic mass is 19.1. The van der Waals surface area contributed by atoms with E-state index < -0.39 is 17.4 Å². The molecular weight excluding hydrogens is 316 g/mol. The Morgan fingerprint density at radius 3 is 2.58 bits per heavy atom. The first kappa shape index (κ1) is 15.5. The van der Waals surface area contributed by atoms with Crippen molar-refractivity contribution in [3.05, 3.63) is 71.4 Å². The number of aromatic nitrogens is 2. The second-order valence-electron chi connectivity index (χ2n) is 4.99.